The number of hydrogen-bond acceptors (Lipinski definition) is 5. The average molecular weight is 383 g/mol. The predicted molar refractivity (Wildman–Crippen MR) is 78.8 cm³/mol. The van der Waals surface area contributed by atoms with Crippen LogP contribution in [0.3, 0.4) is 0 Å². The van der Waals surface area contributed by atoms with E-state index in [2.05, 4.69) is 32.9 Å². The van der Waals surface area contributed by atoms with E-state index in [4.69, 9.17) is 0 Å². The van der Waals surface area contributed by atoms with E-state index in [0.29, 0.717) is 18.0 Å². The molecule has 2 aliphatic rings. The lowest BCUT2D eigenvalue weighted by Gasteiger charge is -2.28. The van der Waals surface area contributed by atoms with E-state index >= 15 is 0 Å². The number of amides is 1. The van der Waals surface area contributed by atoms with Crippen LogP contribution in [0.4, 0.5) is 0 Å². The summed E-state index contributed by atoms with van der Waals surface area (Å²) < 4.78 is 0.172. The molecule has 3 unspecified atom stereocenters. The second-order valence-electron chi connectivity index (χ2n) is 4.40. The zero-order chi connectivity index (χ0) is 13.1. The number of alkyl halides is 1. The van der Waals surface area contributed by atoms with Gasteiger partial charge in [-0.15, -0.1) is 0 Å². The number of nitrogens with one attached hydrogen (secondary N) is 1. The van der Waals surface area contributed by atoms with Crippen molar-refractivity contribution in [2.24, 2.45) is 10.9 Å². The van der Waals surface area contributed by atoms with Crippen LogP contribution in [0.25, 0.3) is 0 Å². The van der Waals surface area contributed by atoms with Crippen molar-refractivity contribution < 1.29 is 9.72 Å². The smallest absolute Gasteiger partial charge is 0.230 e. The van der Waals surface area contributed by atoms with Crippen molar-refractivity contribution in [3.63, 3.8) is 0 Å². The molecule has 18 heavy (non-hydrogen) atoms. The maximum Gasteiger partial charge on any atom is 0.230 e. The minimum atomic E-state index is -0.579. The van der Waals surface area contributed by atoms with Crippen LogP contribution in [0.5, 0.6) is 0 Å². The zero-order valence-corrected chi connectivity index (χ0v) is 12.6. The number of aliphatic imine (C=N–C) groups is 1. The summed E-state index contributed by atoms with van der Waals surface area (Å²) in [6.07, 6.45) is 1.63. The highest BCUT2D eigenvalue weighted by Crippen LogP contribution is 2.32. The Kier molecular flexibility index (Phi) is 4.82. The summed E-state index contributed by atoms with van der Waals surface area (Å²) in [6, 6.07) is -0.579. The lowest BCUT2D eigenvalue weighted by molar-refractivity contribution is -0.527. The quantitative estimate of drug-likeness (QED) is 0.339. The van der Waals surface area contributed by atoms with Gasteiger partial charge in [-0.1, -0.05) is 34.4 Å². The van der Waals surface area contributed by atoms with Crippen molar-refractivity contribution in [1.82, 2.24) is 5.32 Å². The van der Waals surface area contributed by atoms with Crippen molar-refractivity contribution in [3.05, 3.63) is 10.1 Å². The van der Waals surface area contributed by atoms with Crippen molar-refractivity contribution in [2.75, 3.05) is 12.3 Å². The van der Waals surface area contributed by atoms with Crippen molar-refractivity contribution in [3.8, 4) is 0 Å². The summed E-state index contributed by atoms with van der Waals surface area (Å²) in [7, 11) is 0. The Hall–Kier alpha value is -0.380. The number of carbonyl (C=O) groups is 1. The summed E-state index contributed by atoms with van der Waals surface area (Å²) in [5.41, 5.74) is 0. The first kappa shape index (κ1) is 14.0. The van der Waals surface area contributed by atoms with E-state index in [1.54, 1.807) is 0 Å². The first-order valence-corrected chi connectivity index (χ1v) is 8.06. The fourth-order valence-electron chi connectivity index (χ4n) is 2.18. The molecule has 1 heterocycles. The van der Waals surface area contributed by atoms with Gasteiger partial charge in [0.1, 0.15) is 0 Å². The molecular formula is C10H14IN3O3S. The number of halogens is 1. The average Bonchev–Trinajstić information content (AvgIpc) is 2.81. The first-order chi connectivity index (χ1) is 8.58. The minimum absolute atomic E-state index is 0.117. The van der Waals surface area contributed by atoms with Crippen molar-refractivity contribution in [2.45, 2.75) is 29.2 Å². The Morgan fingerprint density at radius 1 is 1.56 bits per heavy atom. The van der Waals surface area contributed by atoms with Gasteiger partial charge < -0.3 is 5.32 Å². The molecule has 0 aromatic rings. The number of amidine groups is 1. The standard InChI is InChI=1S/C10H14IN3O3S/c11-8-2-1-6(14(16)17)5-7(8)9(15)13-10-12-3-4-18-10/h6-8H,1-5H2,(H,12,13,15). The highest BCUT2D eigenvalue weighted by atomic mass is 127. The van der Waals surface area contributed by atoms with E-state index in [0.717, 1.165) is 18.7 Å². The maximum atomic E-state index is 12.1. The molecule has 1 amide bonds. The first-order valence-electron chi connectivity index (χ1n) is 5.83. The minimum Gasteiger partial charge on any atom is -0.305 e. The van der Waals surface area contributed by atoms with Crippen LogP contribution < -0.4 is 5.32 Å². The fourth-order valence-corrected chi connectivity index (χ4v) is 3.89. The molecule has 6 nitrogen and oxygen atoms in total. The fraction of sp³-hybridized carbons (Fsp3) is 0.800. The van der Waals surface area contributed by atoms with Gasteiger partial charge in [-0.2, -0.15) is 0 Å². The van der Waals surface area contributed by atoms with Crippen LogP contribution in [-0.2, 0) is 4.79 Å². The van der Waals surface area contributed by atoms with Crippen LogP contribution in [0.1, 0.15) is 19.3 Å². The SMILES string of the molecule is O=C(NC1=NCCS1)C1CC([N+](=O)[O-])CCC1I. The molecule has 3 atom stereocenters. The Morgan fingerprint density at radius 3 is 2.94 bits per heavy atom. The Bertz CT molecular complexity index is 391. The maximum absolute atomic E-state index is 12.1. The van der Waals surface area contributed by atoms with E-state index in [-0.39, 0.29) is 20.7 Å². The molecule has 1 fully saturated rings. The third-order valence-corrected chi connectivity index (χ3v) is 5.57. The van der Waals surface area contributed by atoms with Gasteiger partial charge in [0.15, 0.2) is 5.17 Å². The lowest BCUT2D eigenvalue weighted by Crippen LogP contribution is -2.43. The molecular weight excluding hydrogens is 369 g/mol. The molecule has 1 N–H and O–H groups in total. The number of nitrogens with zero attached hydrogens (tertiary/aromatic N) is 2. The lowest BCUT2D eigenvalue weighted by atomic mass is 9.85. The molecule has 0 aromatic heterocycles. The van der Waals surface area contributed by atoms with Crippen molar-refractivity contribution in [1.29, 1.82) is 0 Å². The van der Waals surface area contributed by atoms with Gasteiger partial charge in [0, 0.05) is 27.4 Å². The summed E-state index contributed by atoms with van der Waals surface area (Å²) >= 11 is 3.75. The van der Waals surface area contributed by atoms with Crippen LogP contribution in [0, 0.1) is 16.0 Å². The number of hydrogen-bond donors (Lipinski definition) is 1. The van der Waals surface area contributed by atoms with E-state index in [9.17, 15) is 14.9 Å². The third kappa shape index (κ3) is 3.34. The monoisotopic (exact) mass is 383 g/mol. The molecule has 0 aromatic carbocycles. The van der Waals surface area contributed by atoms with Crippen LogP contribution in [0.15, 0.2) is 4.99 Å². The van der Waals surface area contributed by atoms with Gasteiger partial charge in [-0.25, -0.2) is 0 Å². The second kappa shape index (κ2) is 6.18. The van der Waals surface area contributed by atoms with E-state index < -0.39 is 6.04 Å². The molecule has 1 aliphatic carbocycles. The Labute approximate surface area is 123 Å². The molecule has 100 valence electrons. The molecule has 0 bridgehead atoms. The van der Waals surface area contributed by atoms with Crippen LogP contribution >= 0.6 is 34.4 Å². The summed E-state index contributed by atoms with van der Waals surface area (Å²) in [5, 5.41) is 14.3. The molecule has 0 saturated heterocycles. The molecule has 1 saturated carbocycles. The second-order valence-corrected chi connectivity index (χ2v) is 7.08. The van der Waals surface area contributed by atoms with Gasteiger partial charge in [0.25, 0.3) is 0 Å². The van der Waals surface area contributed by atoms with Gasteiger partial charge in [0.2, 0.25) is 11.9 Å². The molecule has 8 heteroatoms. The van der Waals surface area contributed by atoms with Gasteiger partial charge >= 0.3 is 0 Å². The highest BCUT2D eigenvalue weighted by Gasteiger charge is 2.39. The third-order valence-electron chi connectivity index (χ3n) is 3.19. The molecule has 0 spiro atoms. The molecule has 0 radical (unpaired) electrons. The zero-order valence-electron chi connectivity index (χ0n) is 9.67. The van der Waals surface area contributed by atoms with Gasteiger partial charge in [-0.3, -0.25) is 19.9 Å². The number of rotatable bonds is 2. The summed E-state index contributed by atoms with van der Waals surface area (Å²) in [5.74, 6) is 0.499. The molecule has 2 rings (SSSR count). The number of nitro groups is 1. The van der Waals surface area contributed by atoms with E-state index in [1.165, 1.54) is 11.8 Å². The van der Waals surface area contributed by atoms with Crippen LogP contribution in [-0.4, -0.2) is 38.3 Å². The largest absolute Gasteiger partial charge is 0.305 e. The van der Waals surface area contributed by atoms with Crippen LogP contribution in [0.2, 0.25) is 0 Å². The number of thioether (sulfide) groups is 1. The Morgan fingerprint density at radius 2 is 2.33 bits per heavy atom. The Balaban J connectivity index is 1.96. The number of carbonyl (C=O) groups excluding carboxylic acids is 1. The van der Waals surface area contributed by atoms with Gasteiger partial charge in [-0.05, 0) is 6.42 Å². The van der Waals surface area contributed by atoms with Crippen molar-refractivity contribution >= 4 is 45.4 Å². The normalized spacial score (nSPS) is 31.8. The summed E-state index contributed by atoms with van der Waals surface area (Å²) in [4.78, 5) is 26.8. The topological polar surface area (TPSA) is 84.6 Å². The highest BCUT2D eigenvalue weighted by molar-refractivity contribution is 14.1. The summed E-state index contributed by atoms with van der Waals surface area (Å²) in [6.45, 7) is 0.732. The van der Waals surface area contributed by atoms with Gasteiger partial charge in [0.05, 0.1) is 12.5 Å². The van der Waals surface area contributed by atoms with E-state index in [1.807, 2.05) is 0 Å². The predicted octanol–water partition coefficient (Wildman–Crippen LogP) is 1.45. The molecule has 1 aliphatic heterocycles.